The third-order valence-electron chi connectivity index (χ3n) is 3.60. The molecule has 20 heavy (non-hydrogen) atoms. The molecule has 0 amide bonds. The minimum absolute atomic E-state index is 0.288. The smallest absolute Gasteiger partial charge is 0.223 e. The zero-order chi connectivity index (χ0) is 13.9. The number of hydrogen-bond donors (Lipinski definition) is 1. The van der Waals surface area contributed by atoms with Gasteiger partial charge in [-0.25, -0.2) is 4.98 Å². The maximum Gasteiger partial charge on any atom is 0.223 e. The lowest BCUT2D eigenvalue weighted by Gasteiger charge is -2.20. The highest BCUT2D eigenvalue weighted by molar-refractivity contribution is 9.10. The molecule has 2 aromatic rings. The fourth-order valence-corrected chi connectivity index (χ4v) is 2.98. The van der Waals surface area contributed by atoms with Crippen LogP contribution in [0.3, 0.4) is 0 Å². The molecular weight excluding hydrogens is 318 g/mol. The molecule has 2 N–H and O–H groups in total. The van der Waals surface area contributed by atoms with E-state index in [2.05, 4.69) is 35.9 Å². The van der Waals surface area contributed by atoms with Crippen molar-refractivity contribution >= 4 is 21.9 Å². The van der Waals surface area contributed by atoms with Crippen LogP contribution in [0.4, 0.5) is 5.95 Å². The van der Waals surface area contributed by atoms with Gasteiger partial charge in [-0.1, -0.05) is 19.3 Å². The summed E-state index contributed by atoms with van der Waals surface area (Å²) in [7, 11) is 0. The van der Waals surface area contributed by atoms with Crippen molar-refractivity contribution in [2.45, 2.75) is 38.0 Å². The number of nitrogen functional groups attached to an aromatic ring is 1. The Morgan fingerprint density at radius 2 is 1.85 bits per heavy atom. The van der Waals surface area contributed by atoms with E-state index in [0.29, 0.717) is 11.7 Å². The Balaban J connectivity index is 1.97. The average molecular weight is 334 g/mol. The average Bonchev–Trinajstić information content (AvgIpc) is 2.47. The molecule has 1 saturated carbocycles. The minimum atomic E-state index is 0.288. The molecule has 104 valence electrons. The van der Waals surface area contributed by atoms with E-state index >= 15 is 0 Å². The fraction of sp³-hybridized carbons (Fsp3) is 0.429. The second kappa shape index (κ2) is 5.83. The molecule has 2 aromatic heterocycles. The van der Waals surface area contributed by atoms with E-state index in [0.717, 1.165) is 28.7 Å². The highest BCUT2D eigenvalue weighted by atomic mass is 79.9. The van der Waals surface area contributed by atoms with Crippen LogP contribution in [0.5, 0.6) is 0 Å². The molecule has 1 aliphatic rings. The maximum atomic E-state index is 5.85. The number of anilines is 1. The molecule has 1 aliphatic carbocycles. The standard InChI is InChI=1S/C14H16BrN5/c15-11-6-10(7-17-8-11)13-18-12(19-14(16)20-13)9-4-2-1-3-5-9/h6-9H,1-5H2,(H2,16,18,19,20). The van der Waals surface area contributed by atoms with Gasteiger partial charge in [0.15, 0.2) is 5.82 Å². The number of halogens is 1. The predicted molar refractivity (Wildman–Crippen MR) is 81.0 cm³/mol. The van der Waals surface area contributed by atoms with Crippen molar-refractivity contribution in [2.75, 3.05) is 5.73 Å². The lowest BCUT2D eigenvalue weighted by molar-refractivity contribution is 0.428. The molecular formula is C14H16BrN5. The summed E-state index contributed by atoms with van der Waals surface area (Å²) in [4.78, 5) is 17.3. The Hall–Kier alpha value is -1.56. The van der Waals surface area contributed by atoms with Gasteiger partial charge >= 0.3 is 0 Å². The number of hydrogen-bond acceptors (Lipinski definition) is 5. The monoisotopic (exact) mass is 333 g/mol. The summed E-state index contributed by atoms with van der Waals surface area (Å²) >= 11 is 3.41. The van der Waals surface area contributed by atoms with Gasteiger partial charge in [-0.3, -0.25) is 4.98 Å². The van der Waals surface area contributed by atoms with Crippen molar-refractivity contribution in [1.82, 2.24) is 19.9 Å². The van der Waals surface area contributed by atoms with E-state index in [4.69, 9.17) is 5.73 Å². The summed E-state index contributed by atoms with van der Waals surface area (Å²) in [5.41, 5.74) is 6.70. The topological polar surface area (TPSA) is 77.6 Å². The van der Waals surface area contributed by atoms with Crippen molar-refractivity contribution < 1.29 is 0 Å². The van der Waals surface area contributed by atoms with Crippen LogP contribution in [0.1, 0.15) is 43.8 Å². The predicted octanol–water partition coefficient (Wildman–Crippen LogP) is 3.33. The third kappa shape index (κ3) is 2.95. The molecule has 0 aliphatic heterocycles. The Kier molecular flexibility index (Phi) is 3.91. The number of nitrogens with two attached hydrogens (primary N) is 1. The van der Waals surface area contributed by atoms with Gasteiger partial charge in [0, 0.05) is 28.3 Å². The van der Waals surface area contributed by atoms with Gasteiger partial charge in [0.05, 0.1) is 0 Å². The first-order valence-corrected chi connectivity index (χ1v) is 7.64. The molecule has 0 unspecified atom stereocenters. The summed E-state index contributed by atoms with van der Waals surface area (Å²) in [6.07, 6.45) is 9.53. The lowest BCUT2D eigenvalue weighted by atomic mass is 9.89. The first-order valence-electron chi connectivity index (χ1n) is 6.85. The van der Waals surface area contributed by atoms with Crippen LogP contribution in [0, 0.1) is 0 Å². The van der Waals surface area contributed by atoms with Crippen LogP contribution in [0.25, 0.3) is 11.4 Å². The van der Waals surface area contributed by atoms with E-state index in [1.165, 1.54) is 19.3 Å². The number of pyridine rings is 1. The van der Waals surface area contributed by atoms with Crippen molar-refractivity contribution in [3.63, 3.8) is 0 Å². The quantitative estimate of drug-likeness (QED) is 0.911. The molecule has 0 radical (unpaired) electrons. The molecule has 0 atom stereocenters. The Morgan fingerprint density at radius 1 is 1.05 bits per heavy atom. The molecule has 1 fully saturated rings. The highest BCUT2D eigenvalue weighted by Gasteiger charge is 2.20. The second-order valence-electron chi connectivity index (χ2n) is 5.10. The van der Waals surface area contributed by atoms with Crippen LogP contribution in [-0.4, -0.2) is 19.9 Å². The van der Waals surface area contributed by atoms with E-state index in [-0.39, 0.29) is 5.95 Å². The van der Waals surface area contributed by atoms with Crippen LogP contribution < -0.4 is 5.73 Å². The molecule has 0 aromatic carbocycles. The first-order chi connectivity index (χ1) is 9.72. The highest BCUT2D eigenvalue weighted by Crippen LogP contribution is 2.31. The van der Waals surface area contributed by atoms with Gasteiger partial charge in [-0.05, 0) is 34.8 Å². The summed E-state index contributed by atoms with van der Waals surface area (Å²) in [5, 5.41) is 0. The largest absolute Gasteiger partial charge is 0.368 e. The molecule has 0 bridgehead atoms. The van der Waals surface area contributed by atoms with E-state index in [1.54, 1.807) is 12.4 Å². The van der Waals surface area contributed by atoms with Gasteiger partial charge in [0.1, 0.15) is 5.82 Å². The van der Waals surface area contributed by atoms with Crippen LogP contribution in [0.2, 0.25) is 0 Å². The second-order valence-corrected chi connectivity index (χ2v) is 6.02. The van der Waals surface area contributed by atoms with Crippen molar-refractivity contribution in [3.8, 4) is 11.4 Å². The zero-order valence-electron chi connectivity index (χ0n) is 11.1. The molecule has 0 saturated heterocycles. The summed E-state index contributed by atoms with van der Waals surface area (Å²) in [6.45, 7) is 0. The van der Waals surface area contributed by atoms with Gasteiger partial charge in [-0.2, -0.15) is 9.97 Å². The SMILES string of the molecule is Nc1nc(-c2cncc(Br)c2)nc(C2CCCCC2)n1. The van der Waals surface area contributed by atoms with Gasteiger partial charge in [-0.15, -0.1) is 0 Å². The summed E-state index contributed by atoms with van der Waals surface area (Å²) < 4.78 is 0.896. The Morgan fingerprint density at radius 3 is 2.60 bits per heavy atom. The van der Waals surface area contributed by atoms with Crippen LogP contribution in [-0.2, 0) is 0 Å². The van der Waals surface area contributed by atoms with Gasteiger partial charge < -0.3 is 5.73 Å². The molecule has 0 spiro atoms. The molecule has 3 rings (SSSR count). The lowest BCUT2D eigenvalue weighted by Crippen LogP contribution is -2.12. The van der Waals surface area contributed by atoms with E-state index in [1.807, 2.05) is 6.07 Å². The van der Waals surface area contributed by atoms with Gasteiger partial charge in [0.2, 0.25) is 5.95 Å². The summed E-state index contributed by atoms with van der Waals surface area (Å²) in [5.74, 6) is 2.13. The van der Waals surface area contributed by atoms with Crippen molar-refractivity contribution in [3.05, 3.63) is 28.8 Å². The van der Waals surface area contributed by atoms with Crippen LogP contribution in [0.15, 0.2) is 22.9 Å². The van der Waals surface area contributed by atoms with Crippen molar-refractivity contribution in [2.24, 2.45) is 0 Å². The number of nitrogens with zero attached hydrogens (tertiary/aromatic N) is 4. The van der Waals surface area contributed by atoms with E-state index < -0.39 is 0 Å². The van der Waals surface area contributed by atoms with Gasteiger partial charge in [0.25, 0.3) is 0 Å². The number of rotatable bonds is 2. The Bertz CT molecular complexity index is 610. The molecule has 5 nitrogen and oxygen atoms in total. The molecule has 2 heterocycles. The summed E-state index contributed by atoms with van der Waals surface area (Å²) in [6, 6.07) is 1.94. The Labute approximate surface area is 126 Å². The maximum absolute atomic E-state index is 5.85. The number of aromatic nitrogens is 4. The zero-order valence-corrected chi connectivity index (χ0v) is 12.7. The first kappa shape index (κ1) is 13.4. The third-order valence-corrected chi connectivity index (χ3v) is 4.04. The molecule has 6 heteroatoms. The van der Waals surface area contributed by atoms with Crippen LogP contribution >= 0.6 is 15.9 Å². The van der Waals surface area contributed by atoms with Crippen molar-refractivity contribution in [1.29, 1.82) is 0 Å². The normalized spacial score (nSPS) is 16.2. The fourth-order valence-electron chi connectivity index (χ4n) is 2.62. The minimum Gasteiger partial charge on any atom is -0.368 e. The van der Waals surface area contributed by atoms with E-state index in [9.17, 15) is 0 Å².